The Kier molecular flexibility index (Phi) is 3.65. The Hall–Kier alpha value is -2.50. The van der Waals surface area contributed by atoms with Crippen LogP contribution in [0, 0.1) is 5.92 Å². The highest BCUT2D eigenvalue weighted by Crippen LogP contribution is 2.34. The van der Waals surface area contributed by atoms with Crippen LogP contribution in [0.15, 0.2) is 30.5 Å². The summed E-state index contributed by atoms with van der Waals surface area (Å²) in [5, 5.41) is 3.24. The summed E-state index contributed by atoms with van der Waals surface area (Å²) in [5.41, 5.74) is 0.888. The van der Waals surface area contributed by atoms with E-state index in [9.17, 15) is 0 Å². The molecule has 0 aliphatic carbocycles. The number of rotatable bonds is 3. The Labute approximate surface area is 135 Å². The van der Waals surface area contributed by atoms with Crippen molar-refractivity contribution in [2.45, 2.75) is 19.8 Å². The van der Waals surface area contributed by atoms with Gasteiger partial charge in [0.2, 0.25) is 12.7 Å². The molecule has 0 bridgehead atoms. The zero-order chi connectivity index (χ0) is 15.6. The van der Waals surface area contributed by atoms with Crippen molar-refractivity contribution in [1.82, 2.24) is 9.97 Å². The number of anilines is 3. The van der Waals surface area contributed by atoms with E-state index in [0.29, 0.717) is 5.95 Å². The largest absolute Gasteiger partial charge is 0.454 e. The van der Waals surface area contributed by atoms with E-state index in [2.05, 4.69) is 27.1 Å². The minimum atomic E-state index is 0.276. The molecule has 0 unspecified atom stereocenters. The average molecular weight is 312 g/mol. The lowest BCUT2D eigenvalue weighted by molar-refractivity contribution is 0.174. The fourth-order valence-corrected chi connectivity index (χ4v) is 2.93. The summed E-state index contributed by atoms with van der Waals surface area (Å²) >= 11 is 0. The number of piperidine rings is 1. The lowest BCUT2D eigenvalue weighted by atomic mass is 9.99. The standard InChI is InChI=1S/C17H20N4O2/c1-12-5-8-21(9-6-12)16-4-7-18-17(20-16)19-13-2-3-14-15(10-13)23-11-22-14/h2-4,7,10,12H,5-6,8-9,11H2,1H3,(H,18,19,20). The summed E-state index contributed by atoms with van der Waals surface area (Å²) in [6.07, 6.45) is 4.24. The quantitative estimate of drug-likeness (QED) is 0.939. The molecule has 3 heterocycles. The van der Waals surface area contributed by atoms with Gasteiger partial charge in [-0.3, -0.25) is 0 Å². The van der Waals surface area contributed by atoms with Gasteiger partial charge in [-0.05, 0) is 37.0 Å². The van der Waals surface area contributed by atoms with Crippen molar-refractivity contribution in [2.75, 3.05) is 30.1 Å². The molecule has 120 valence electrons. The van der Waals surface area contributed by atoms with E-state index in [-0.39, 0.29) is 6.79 Å². The van der Waals surface area contributed by atoms with E-state index in [4.69, 9.17) is 9.47 Å². The van der Waals surface area contributed by atoms with Crippen molar-refractivity contribution in [3.8, 4) is 11.5 Å². The molecule has 0 amide bonds. The molecular weight excluding hydrogens is 292 g/mol. The molecule has 2 aliphatic heterocycles. The Balaban J connectivity index is 1.50. The van der Waals surface area contributed by atoms with Gasteiger partial charge >= 0.3 is 0 Å². The number of nitrogens with zero attached hydrogens (tertiary/aromatic N) is 3. The maximum absolute atomic E-state index is 5.39. The van der Waals surface area contributed by atoms with Crippen LogP contribution in [-0.4, -0.2) is 29.9 Å². The maximum Gasteiger partial charge on any atom is 0.231 e. The maximum atomic E-state index is 5.39. The lowest BCUT2D eigenvalue weighted by Crippen LogP contribution is -2.33. The zero-order valence-corrected chi connectivity index (χ0v) is 13.2. The Morgan fingerprint density at radius 3 is 2.83 bits per heavy atom. The Morgan fingerprint density at radius 2 is 1.96 bits per heavy atom. The van der Waals surface area contributed by atoms with Crippen LogP contribution < -0.4 is 19.7 Å². The molecule has 2 aliphatic rings. The molecule has 1 saturated heterocycles. The summed E-state index contributed by atoms with van der Waals surface area (Å²) < 4.78 is 10.7. The average Bonchev–Trinajstić information content (AvgIpc) is 3.03. The third kappa shape index (κ3) is 3.02. The van der Waals surface area contributed by atoms with Crippen LogP contribution in [0.3, 0.4) is 0 Å². The molecule has 2 aromatic rings. The minimum Gasteiger partial charge on any atom is -0.454 e. The highest BCUT2D eigenvalue weighted by Gasteiger charge is 2.18. The van der Waals surface area contributed by atoms with Crippen molar-refractivity contribution in [3.63, 3.8) is 0 Å². The number of aromatic nitrogens is 2. The first-order chi connectivity index (χ1) is 11.3. The first-order valence-electron chi connectivity index (χ1n) is 8.02. The summed E-state index contributed by atoms with van der Waals surface area (Å²) in [4.78, 5) is 11.3. The van der Waals surface area contributed by atoms with Gasteiger partial charge in [-0.15, -0.1) is 0 Å². The van der Waals surface area contributed by atoms with Crippen molar-refractivity contribution < 1.29 is 9.47 Å². The van der Waals surface area contributed by atoms with Crippen molar-refractivity contribution in [2.24, 2.45) is 5.92 Å². The van der Waals surface area contributed by atoms with Crippen LogP contribution in [0.25, 0.3) is 0 Å². The molecule has 1 fully saturated rings. The molecule has 4 rings (SSSR count). The monoisotopic (exact) mass is 312 g/mol. The minimum absolute atomic E-state index is 0.276. The van der Waals surface area contributed by atoms with Crippen molar-refractivity contribution in [3.05, 3.63) is 30.5 Å². The van der Waals surface area contributed by atoms with Crippen LogP contribution in [0.2, 0.25) is 0 Å². The van der Waals surface area contributed by atoms with Gasteiger partial charge in [-0.1, -0.05) is 6.92 Å². The topological polar surface area (TPSA) is 59.5 Å². The SMILES string of the molecule is CC1CCN(c2ccnc(Nc3ccc4c(c3)OCO4)n2)CC1. The fourth-order valence-electron chi connectivity index (χ4n) is 2.93. The molecule has 1 aromatic carbocycles. The van der Waals surface area contributed by atoms with E-state index in [1.54, 1.807) is 6.20 Å². The van der Waals surface area contributed by atoms with Gasteiger partial charge in [0.15, 0.2) is 11.5 Å². The molecule has 6 heteroatoms. The van der Waals surface area contributed by atoms with Gasteiger partial charge in [0, 0.05) is 31.0 Å². The van der Waals surface area contributed by atoms with Crippen LogP contribution >= 0.6 is 0 Å². The molecule has 1 aromatic heterocycles. The van der Waals surface area contributed by atoms with Crippen molar-refractivity contribution in [1.29, 1.82) is 0 Å². The van der Waals surface area contributed by atoms with E-state index in [0.717, 1.165) is 42.0 Å². The van der Waals surface area contributed by atoms with Gasteiger partial charge in [0.05, 0.1) is 0 Å². The van der Waals surface area contributed by atoms with Crippen LogP contribution in [-0.2, 0) is 0 Å². The third-order valence-corrected chi connectivity index (χ3v) is 4.38. The molecular formula is C17H20N4O2. The molecule has 6 nitrogen and oxygen atoms in total. The number of ether oxygens (including phenoxy) is 2. The zero-order valence-electron chi connectivity index (χ0n) is 13.2. The first kappa shape index (κ1) is 14.1. The van der Waals surface area contributed by atoms with Crippen LogP contribution in [0.4, 0.5) is 17.5 Å². The number of hydrogen-bond donors (Lipinski definition) is 1. The second-order valence-corrected chi connectivity index (χ2v) is 6.10. The number of nitrogens with one attached hydrogen (secondary N) is 1. The Bertz CT molecular complexity index is 699. The van der Waals surface area contributed by atoms with Gasteiger partial charge in [0.25, 0.3) is 0 Å². The lowest BCUT2D eigenvalue weighted by Gasteiger charge is -2.31. The predicted molar refractivity (Wildman–Crippen MR) is 88.5 cm³/mol. The van der Waals surface area contributed by atoms with E-state index in [1.807, 2.05) is 24.3 Å². The predicted octanol–water partition coefficient (Wildman–Crippen LogP) is 3.19. The molecule has 0 atom stereocenters. The summed E-state index contributed by atoms with van der Waals surface area (Å²) in [5.74, 6) is 3.90. The first-order valence-corrected chi connectivity index (χ1v) is 8.02. The fraction of sp³-hybridized carbons (Fsp3) is 0.412. The third-order valence-electron chi connectivity index (χ3n) is 4.38. The number of hydrogen-bond acceptors (Lipinski definition) is 6. The van der Waals surface area contributed by atoms with Crippen LogP contribution in [0.5, 0.6) is 11.5 Å². The second-order valence-electron chi connectivity index (χ2n) is 6.10. The molecule has 0 radical (unpaired) electrons. The normalized spacial score (nSPS) is 17.3. The van der Waals surface area contributed by atoms with Crippen LogP contribution in [0.1, 0.15) is 19.8 Å². The molecule has 0 saturated carbocycles. The van der Waals surface area contributed by atoms with Gasteiger partial charge in [-0.2, -0.15) is 4.98 Å². The summed E-state index contributed by atoms with van der Waals surface area (Å²) in [6, 6.07) is 7.70. The van der Waals surface area contributed by atoms with E-state index in [1.165, 1.54) is 12.8 Å². The molecule has 23 heavy (non-hydrogen) atoms. The van der Waals surface area contributed by atoms with Crippen molar-refractivity contribution >= 4 is 17.5 Å². The van der Waals surface area contributed by atoms with Gasteiger partial charge < -0.3 is 19.7 Å². The smallest absolute Gasteiger partial charge is 0.231 e. The molecule has 1 N–H and O–H groups in total. The molecule has 0 spiro atoms. The number of benzene rings is 1. The summed E-state index contributed by atoms with van der Waals surface area (Å²) in [7, 11) is 0. The highest BCUT2D eigenvalue weighted by molar-refractivity contribution is 5.61. The van der Waals surface area contributed by atoms with E-state index >= 15 is 0 Å². The Morgan fingerprint density at radius 1 is 1.13 bits per heavy atom. The van der Waals surface area contributed by atoms with Gasteiger partial charge in [-0.25, -0.2) is 4.98 Å². The number of fused-ring (bicyclic) bond motifs is 1. The van der Waals surface area contributed by atoms with E-state index < -0.39 is 0 Å². The van der Waals surface area contributed by atoms with Gasteiger partial charge in [0.1, 0.15) is 5.82 Å². The second kappa shape index (κ2) is 5.95. The highest BCUT2D eigenvalue weighted by atomic mass is 16.7. The summed E-state index contributed by atoms with van der Waals surface area (Å²) in [6.45, 7) is 4.70.